The molecule has 1 fully saturated rings. The van der Waals surface area contributed by atoms with Gasteiger partial charge in [-0.05, 0) is 37.9 Å². The van der Waals surface area contributed by atoms with Gasteiger partial charge in [0.15, 0.2) is 0 Å². The average molecular weight is 327 g/mol. The molecule has 0 saturated heterocycles. The number of nitrogens with zero attached hydrogens (tertiary/aromatic N) is 1. The van der Waals surface area contributed by atoms with E-state index in [1.165, 1.54) is 25.6 Å². The molecule has 2 N–H and O–H groups in total. The van der Waals surface area contributed by atoms with Crippen molar-refractivity contribution in [3.8, 4) is 0 Å². The normalized spacial score (nSPS) is 22.3. The van der Waals surface area contributed by atoms with Gasteiger partial charge in [-0.1, -0.05) is 19.8 Å². The predicted octanol–water partition coefficient (Wildman–Crippen LogP) is 2.49. The van der Waals surface area contributed by atoms with Crippen molar-refractivity contribution in [2.24, 2.45) is 5.92 Å². The number of rotatable bonds is 5. The van der Waals surface area contributed by atoms with E-state index in [4.69, 9.17) is 0 Å². The zero-order valence-corrected chi connectivity index (χ0v) is 13.5. The molecule has 1 aliphatic rings. The van der Waals surface area contributed by atoms with Gasteiger partial charge < -0.3 is 5.32 Å². The SMILES string of the molecule is CNS(=O)(=O)c1ccc(N[C@@H]2CCCC[C@H]2C)c([N+](=O)[O-])c1. The molecule has 1 aromatic carbocycles. The van der Waals surface area contributed by atoms with E-state index in [0.717, 1.165) is 25.3 Å². The highest BCUT2D eigenvalue weighted by atomic mass is 32.2. The summed E-state index contributed by atoms with van der Waals surface area (Å²) in [5.74, 6) is 0.439. The van der Waals surface area contributed by atoms with Gasteiger partial charge in [-0.15, -0.1) is 0 Å². The van der Waals surface area contributed by atoms with Crippen LogP contribution >= 0.6 is 0 Å². The summed E-state index contributed by atoms with van der Waals surface area (Å²) in [5.41, 5.74) is 0.160. The predicted molar refractivity (Wildman–Crippen MR) is 84.4 cm³/mol. The summed E-state index contributed by atoms with van der Waals surface area (Å²) in [6, 6.07) is 4.14. The largest absolute Gasteiger partial charge is 0.376 e. The topological polar surface area (TPSA) is 101 Å². The van der Waals surface area contributed by atoms with Crippen LogP contribution in [0.1, 0.15) is 32.6 Å². The number of sulfonamides is 1. The second kappa shape index (κ2) is 6.62. The summed E-state index contributed by atoms with van der Waals surface area (Å²) in [6.07, 6.45) is 4.34. The molecule has 8 heteroatoms. The van der Waals surface area contributed by atoms with E-state index < -0.39 is 14.9 Å². The van der Waals surface area contributed by atoms with Crippen LogP contribution in [0.3, 0.4) is 0 Å². The lowest BCUT2D eigenvalue weighted by molar-refractivity contribution is -0.384. The molecule has 1 aromatic rings. The molecule has 0 unspecified atom stereocenters. The molecule has 0 aliphatic heterocycles. The standard InChI is InChI=1S/C14H21N3O4S/c1-10-5-3-4-6-12(10)16-13-8-7-11(22(20,21)15-2)9-14(13)17(18)19/h7-10,12,15-16H,3-6H2,1-2H3/t10-,12-/m1/s1. The maximum atomic E-state index is 11.8. The zero-order chi connectivity index (χ0) is 16.3. The van der Waals surface area contributed by atoms with E-state index in [0.29, 0.717) is 11.6 Å². The van der Waals surface area contributed by atoms with Gasteiger partial charge >= 0.3 is 0 Å². The molecule has 0 bridgehead atoms. The average Bonchev–Trinajstić information content (AvgIpc) is 2.49. The number of nitro groups is 1. The summed E-state index contributed by atoms with van der Waals surface area (Å²) in [7, 11) is -2.42. The highest BCUT2D eigenvalue weighted by Crippen LogP contribution is 2.32. The minimum Gasteiger partial charge on any atom is -0.376 e. The van der Waals surface area contributed by atoms with E-state index in [1.807, 2.05) is 0 Å². The van der Waals surface area contributed by atoms with Crippen molar-refractivity contribution in [1.29, 1.82) is 0 Å². The number of anilines is 1. The Hall–Kier alpha value is -1.67. The Labute approximate surface area is 130 Å². The Morgan fingerprint density at radius 1 is 1.27 bits per heavy atom. The van der Waals surface area contributed by atoms with Crippen molar-refractivity contribution in [3.63, 3.8) is 0 Å². The summed E-state index contributed by atoms with van der Waals surface area (Å²) in [6.45, 7) is 2.13. The second-order valence-corrected chi connectivity index (χ2v) is 7.54. The van der Waals surface area contributed by atoms with Crippen LogP contribution in [0.4, 0.5) is 11.4 Å². The number of nitro benzene ring substituents is 1. The Kier molecular flexibility index (Phi) is 5.02. The number of benzene rings is 1. The van der Waals surface area contributed by atoms with Crippen molar-refractivity contribution in [3.05, 3.63) is 28.3 Å². The van der Waals surface area contributed by atoms with Gasteiger partial charge in [0.25, 0.3) is 5.69 Å². The second-order valence-electron chi connectivity index (χ2n) is 5.66. The molecule has 2 atom stereocenters. The van der Waals surface area contributed by atoms with Crippen molar-refractivity contribution >= 4 is 21.4 Å². The molecule has 122 valence electrons. The van der Waals surface area contributed by atoms with Crippen LogP contribution in [0.25, 0.3) is 0 Å². The quantitative estimate of drug-likeness (QED) is 0.639. The van der Waals surface area contributed by atoms with Crippen molar-refractivity contribution in [2.75, 3.05) is 12.4 Å². The highest BCUT2D eigenvalue weighted by Gasteiger charge is 2.25. The monoisotopic (exact) mass is 327 g/mol. The van der Waals surface area contributed by atoms with Crippen molar-refractivity contribution in [2.45, 2.75) is 43.5 Å². The van der Waals surface area contributed by atoms with Gasteiger partial charge in [0.05, 0.1) is 9.82 Å². The molecular formula is C14H21N3O4S. The minimum atomic E-state index is -3.70. The maximum absolute atomic E-state index is 11.8. The number of hydrogen-bond donors (Lipinski definition) is 2. The Morgan fingerprint density at radius 3 is 2.55 bits per heavy atom. The van der Waals surface area contributed by atoms with Crippen LogP contribution in [0.15, 0.2) is 23.1 Å². The summed E-state index contributed by atoms with van der Waals surface area (Å²) < 4.78 is 25.7. The Morgan fingerprint density at radius 2 is 1.95 bits per heavy atom. The highest BCUT2D eigenvalue weighted by molar-refractivity contribution is 7.89. The third-order valence-corrected chi connectivity index (χ3v) is 5.61. The van der Waals surface area contributed by atoms with Crippen molar-refractivity contribution in [1.82, 2.24) is 4.72 Å². The van der Waals surface area contributed by atoms with Crippen molar-refractivity contribution < 1.29 is 13.3 Å². The third kappa shape index (κ3) is 3.56. The Balaban J connectivity index is 2.33. The minimum absolute atomic E-state index is 0.107. The van der Waals surface area contributed by atoms with Crippen LogP contribution in [-0.4, -0.2) is 26.4 Å². The molecule has 0 spiro atoms. The van der Waals surface area contributed by atoms with Gasteiger partial charge in [-0.3, -0.25) is 10.1 Å². The molecule has 1 saturated carbocycles. The lowest BCUT2D eigenvalue weighted by Crippen LogP contribution is -2.30. The molecule has 2 rings (SSSR count). The first-order valence-electron chi connectivity index (χ1n) is 7.33. The molecule has 0 heterocycles. The molecule has 1 aliphatic carbocycles. The van der Waals surface area contributed by atoms with Gasteiger partial charge in [0.1, 0.15) is 5.69 Å². The Bertz CT molecular complexity index is 660. The summed E-state index contributed by atoms with van der Waals surface area (Å²) in [5, 5.41) is 14.5. The van der Waals surface area contributed by atoms with Crippen LogP contribution in [0, 0.1) is 16.0 Å². The molecule has 0 aromatic heterocycles. The lowest BCUT2D eigenvalue weighted by atomic mass is 9.86. The first kappa shape index (κ1) is 16.7. The fraction of sp³-hybridized carbons (Fsp3) is 0.571. The third-order valence-electron chi connectivity index (χ3n) is 4.20. The smallest absolute Gasteiger partial charge is 0.293 e. The zero-order valence-electron chi connectivity index (χ0n) is 12.7. The van der Waals surface area contributed by atoms with Crippen LogP contribution in [-0.2, 0) is 10.0 Å². The lowest BCUT2D eigenvalue weighted by Gasteiger charge is -2.30. The van der Waals surface area contributed by atoms with E-state index in [-0.39, 0.29) is 16.6 Å². The maximum Gasteiger partial charge on any atom is 0.293 e. The summed E-state index contributed by atoms with van der Waals surface area (Å²) in [4.78, 5) is 10.6. The molecule has 0 radical (unpaired) electrons. The van der Waals surface area contributed by atoms with Gasteiger partial charge in [-0.2, -0.15) is 0 Å². The molecule has 7 nitrogen and oxygen atoms in total. The fourth-order valence-corrected chi connectivity index (χ4v) is 3.55. The van der Waals surface area contributed by atoms with E-state index in [1.54, 1.807) is 0 Å². The summed E-state index contributed by atoms with van der Waals surface area (Å²) >= 11 is 0. The van der Waals surface area contributed by atoms with Crippen LogP contribution < -0.4 is 10.0 Å². The first-order chi connectivity index (χ1) is 10.3. The fourth-order valence-electron chi connectivity index (χ4n) is 2.80. The number of hydrogen-bond acceptors (Lipinski definition) is 5. The molecular weight excluding hydrogens is 306 g/mol. The number of nitrogens with one attached hydrogen (secondary N) is 2. The van der Waals surface area contributed by atoms with E-state index in [2.05, 4.69) is 17.0 Å². The van der Waals surface area contributed by atoms with Gasteiger partial charge in [-0.25, -0.2) is 13.1 Å². The van der Waals surface area contributed by atoms with E-state index in [9.17, 15) is 18.5 Å². The van der Waals surface area contributed by atoms with Gasteiger partial charge in [0.2, 0.25) is 10.0 Å². The first-order valence-corrected chi connectivity index (χ1v) is 8.82. The van der Waals surface area contributed by atoms with Gasteiger partial charge in [0, 0.05) is 12.1 Å². The molecule has 0 amide bonds. The van der Waals surface area contributed by atoms with Crippen LogP contribution in [0.2, 0.25) is 0 Å². The van der Waals surface area contributed by atoms with E-state index >= 15 is 0 Å². The van der Waals surface area contributed by atoms with Crippen LogP contribution in [0.5, 0.6) is 0 Å². The molecule has 22 heavy (non-hydrogen) atoms.